The van der Waals surface area contributed by atoms with E-state index in [2.05, 4.69) is 43.0 Å². The summed E-state index contributed by atoms with van der Waals surface area (Å²) in [5.41, 5.74) is 2.79. The molecule has 3 heterocycles. The summed E-state index contributed by atoms with van der Waals surface area (Å²) in [4.78, 5) is 9.32. The number of para-hydroxylation sites is 1. The number of rotatable bonds is 4. The lowest BCUT2D eigenvalue weighted by Gasteiger charge is -2.12. The van der Waals surface area contributed by atoms with Crippen molar-refractivity contribution in [2.45, 2.75) is 33.2 Å². The Bertz CT molecular complexity index is 1020. The van der Waals surface area contributed by atoms with Crippen LogP contribution in [0.15, 0.2) is 48.8 Å². The number of aryl methyl sites for hydroxylation is 1. The fraction of sp³-hybridized carbons (Fsp3) is 0.263. The van der Waals surface area contributed by atoms with E-state index in [4.69, 9.17) is 10.1 Å². The van der Waals surface area contributed by atoms with Crippen LogP contribution >= 0.6 is 0 Å². The summed E-state index contributed by atoms with van der Waals surface area (Å²) in [6.07, 6.45) is 4.39. The first kappa shape index (κ1) is 15.5. The molecule has 3 aromatic heterocycles. The second-order valence-electron chi connectivity index (χ2n) is 6.22. The maximum Gasteiger partial charge on any atom is 0.181 e. The lowest BCUT2D eigenvalue weighted by atomic mass is 10.2. The van der Waals surface area contributed by atoms with Gasteiger partial charge in [-0.25, -0.2) is 9.67 Å². The van der Waals surface area contributed by atoms with Crippen LogP contribution in [0.1, 0.15) is 32.6 Å². The van der Waals surface area contributed by atoms with Gasteiger partial charge in [0.2, 0.25) is 0 Å². The smallest absolute Gasteiger partial charge is 0.181 e. The van der Waals surface area contributed by atoms with Crippen LogP contribution in [0.2, 0.25) is 0 Å². The van der Waals surface area contributed by atoms with Gasteiger partial charge in [0.25, 0.3) is 0 Å². The quantitative estimate of drug-likeness (QED) is 0.570. The van der Waals surface area contributed by atoms with E-state index in [1.807, 2.05) is 39.8 Å². The molecule has 0 N–H and O–H groups in total. The fourth-order valence-corrected chi connectivity index (χ4v) is 3.00. The Morgan fingerprint density at radius 1 is 1.04 bits per heavy atom. The van der Waals surface area contributed by atoms with Crippen LogP contribution in [0.3, 0.4) is 0 Å². The van der Waals surface area contributed by atoms with Crippen LogP contribution in [0, 0.1) is 0 Å². The van der Waals surface area contributed by atoms with E-state index in [1.165, 1.54) is 0 Å². The molecule has 0 atom stereocenters. The van der Waals surface area contributed by atoms with E-state index >= 15 is 0 Å². The summed E-state index contributed by atoms with van der Waals surface area (Å²) in [5, 5.41) is 10.3. The van der Waals surface area contributed by atoms with Crippen LogP contribution in [0.25, 0.3) is 28.1 Å². The molecule has 0 aliphatic heterocycles. The molecule has 0 saturated heterocycles. The molecule has 6 nitrogen and oxygen atoms in total. The van der Waals surface area contributed by atoms with Gasteiger partial charge in [-0.2, -0.15) is 10.2 Å². The van der Waals surface area contributed by atoms with Gasteiger partial charge in [-0.15, -0.1) is 0 Å². The molecule has 0 unspecified atom stereocenters. The molecule has 6 heteroatoms. The molecule has 0 radical (unpaired) electrons. The van der Waals surface area contributed by atoms with Crippen LogP contribution in [0.4, 0.5) is 0 Å². The molecule has 0 aliphatic rings. The Hall–Kier alpha value is -3.02. The van der Waals surface area contributed by atoms with Crippen molar-refractivity contribution in [1.82, 2.24) is 29.5 Å². The molecule has 0 spiro atoms. The highest BCUT2D eigenvalue weighted by atomic mass is 15.4. The zero-order valence-corrected chi connectivity index (χ0v) is 14.6. The van der Waals surface area contributed by atoms with Gasteiger partial charge in [-0.3, -0.25) is 9.67 Å². The number of nitrogens with zero attached hydrogens (tertiary/aromatic N) is 6. The van der Waals surface area contributed by atoms with Gasteiger partial charge in [-0.1, -0.05) is 25.1 Å². The number of benzene rings is 1. The highest BCUT2D eigenvalue weighted by molar-refractivity contribution is 5.86. The minimum Gasteiger partial charge on any atom is -0.259 e. The molecule has 0 bridgehead atoms. The SMILES string of the molecule is CCc1nc(-c2ccnn2C(C)C)n(-c2cccc3cccnc23)n1. The second kappa shape index (κ2) is 6.12. The number of aromatic nitrogens is 6. The first-order valence-electron chi connectivity index (χ1n) is 8.53. The first-order chi connectivity index (χ1) is 12.2. The van der Waals surface area contributed by atoms with Crippen molar-refractivity contribution in [3.8, 4) is 17.2 Å². The van der Waals surface area contributed by atoms with Crippen molar-refractivity contribution in [2.75, 3.05) is 0 Å². The summed E-state index contributed by atoms with van der Waals surface area (Å²) in [5.74, 6) is 1.60. The maximum atomic E-state index is 4.76. The lowest BCUT2D eigenvalue weighted by molar-refractivity contribution is 0.536. The van der Waals surface area contributed by atoms with Crippen molar-refractivity contribution in [3.05, 3.63) is 54.6 Å². The third-order valence-electron chi connectivity index (χ3n) is 4.20. The first-order valence-corrected chi connectivity index (χ1v) is 8.53. The minimum atomic E-state index is 0.242. The zero-order valence-electron chi connectivity index (χ0n) is 14.6. The zero-order chi connectivity index (χ0) is 17.4. The Balaban J connectivity index is 1.99. The lowest BCUT2D eigenvalue weighted by Crippen LogP contribution is -2.08. The molecular weight excluding hydrogens is 312 g/mol. The van der Waals surface area contributed by atoms with Crippen LogP contribution in [-0.4, -0.2) is 29.5 Å². The third kappa shape index (κ3) is 2.59. The molecule has 0 amide bonds. The molecule has 0 saturated carbocycles. The van der Waals surface area contributed by atoms with E-state index in [1.54, 1.807) is 6.20 Å². The van der Waals surface area contributed by atoms with Gasteiger partial charge in [-0.05, 0) is 32.0 Å². The average molecular weight is 332 g/mol. The fourth-order valence-electron chi connectivity index (χ4n) is 3.00. The predicted octanol–water partition coefficient (Wildman–Crippen LogP) is 3.82. The average Bonchev–Trinajstić information content (AvgIpc) is 3.27. The Kier molecular flexibility index (Phi) is 3.80. The highest BCUT2D eigenvalue weighted by Gasteiger charge is 2.19. The Morgan fingerprint density at radius 3 is 2.68 bits per heavy atom. The number of hydrogen-bond donors (Lipinski definition) is 0. The van der Waals surface area contributed by atoms with Crippen molar-refractivity contribution < 1.29 is 0 Å². The molecule has 25 heavy (non-hydrogen) atoms. The number of fused-ring (bicyclic) bond motifs is 1. The van der Waals surface area contributed by atoms with Crippen molar-refractivity contribution in [3.63, 3.8) is 0 Å². The predicted molar refractivity (Wildman–Crippen MR) is 97.6 cm³/mol. The summed E-state index contributed by atoms with van der Waals surface area (Å²) in [6, 6.07) is 12.3. The standard InChI is InChI=1S/C19H20N6/c1-4-17-22-19(16-10-12-21-24(16)13(2)3)25(23-17)15-9-5-7-14-8-6-11-20-18(14)15/h5-13H,4H2,1-3H3. The summed E-state index contributed by atoms with van der Waals surface area (Å²) < 4.78 is 3.86. The van der Waals surface area contributed by atoms with Crippen LogP contribution in [0.5, 0.6) is 0 Å². The van der Waals surface area contributed by atoms with Gasteiger partial charge in [0.15, 0.2) is 11.6 Å². The summed E-state index contributed by atoms with van der Waals surface area (Å²) >= 11 is 0. The van der Waals surface area contributed by atoms with Crippen LogP contribution < -0.4 is 0 Å². The van der Waals surface area contributed by atoms with E-state index in [0.717, 1.165) is 40.4 Å². The third-order valence-corrected chi connectivity index (χ3v) is 4.20. The Morgan fingerprint density at radius 2 is 1.88 bits per heavy atom. The minimum absolute atomic E-state index is 0.242. The summed E-state index contributed by atoms with van der Waals surface area (Å²) in [7, 11) is 0. The van der Waals surface area contributed by atoms with Gasteiger partial charge in [0.1, 0.15) is 5.69 Å². The van der Waals surface area contributed by atoms with E-state index in [-0.39, 0.29) is 6.04 Å². The monoisotopic (exact) mass is 332 g/mol. The summed E-state index contributed by atoms with van der Waals surface area (Å²) in [6.45, 7) is 6.28. The number of pyridine rings is 1. The van der Waals surface area contributed by atoms with Gasteiger partial charge >= 0.3 is 0 Å². The molecule has 0 aliphatic carbocycles. The molecule has 0 fully saturated rings. The van der Waals surface area contributed by atoms with Crippen molar-refractivity contribution >= 4 is 10.9 Å². The van der Waals surface area contributed by atoms with Gasteiger partial charge in [0, 0.05) is 30.2 Å². The molecular formula is C19H20N6. The molecule has 4 aromatic rings. The highest BCUT2D eigenvalue weighted by Crippen LogP contribution is 2.27. The Labute approximate surface area is 146 Å². The second-order valence-corrected chi connectivity index (χ2v) is 6.22. The largest absolute Gasteiger partial charge is 0.259 e. The normalized spacial score (nSPS) is 11.5. The number of hydrogen-bond acceptors (Lipinski definition) is 4. The molecule has 4 rings (SSSR count). The maximum absolute atomic E-state index is 4.76. The molecule has 1 aromatic carbocycles. The van der Waals surface area contributed by atoms with E-state index in [9.17, 15) is 0 Å². The van der Waals surface area contributed by atoms with Crippen molar-refractivity contribution in [1.29, 1.82) is 0 Å². The van der Waals surface area contributed by atoms with Gasteiger partial charge in [0.05, 0.1) is 11.2 Å². The van der Waals surface area contributed by atoms with E-state index in [0.29, 0.717) is 0 Å². The van der Waals surface area contributed by atoms with E-state index < -0.39 is 0 Å². The topological polar surface area (TPSA) is 61.4 Å². The van der Waals surface area contributed by atoms with Crippen LogP contribution in [-0.2, 0) is 6.42 Å². The van der Waals surface area contributed by atoms with Gasteiger partial charge < -0.3 is 0 Å². The molecule has 126 valence electrons. The van der Waals surface area contributed by atoms with Crippen molar-refractivity contribution in [2.24, 2.45) is 0 Å².